The van der Waals surface area contributed by atoms with Crippen LogP contribution in [0.5, 0.6) is 0 Å². The van der Waals surface area contributed by atoms with E-state index < -0.39 is 11.8 Å². The number of carbonyl (C=O) groups is 1. The van der Waals surface area contributed by atoms with Gasteiger partial charge in [-0.3, -0.25) is 0 Å². The Kier molecular flexibility index (Phi) is 3.15. The maximum Gasteiger partial charge on any atom is 0.338 e. The summed E-state index contributed by atoms with van der Waals surface area (Å²) in [5.74, 6) is -1.95. The molecule has 3 heteroatoms. The number of rotatable bonds is 2. The lowest BCUT2D eigenvalue weighted by Crippen LogP contribution is -2.02. The second kappa shape index (κ2) is 4.61. The summed E-state index contributed by atoms with van der Waals surface area (Å²) in [4.78, 5) is 10.8. The van der Waals surface area contributed by atoms with Crippen molar-refractivity contribution in [3.05, 3.63) is 58.9 Å². The highest BCUT2D eigenvalue weighted by Gasteiger charge is 2.13. The Morgan fingerprint density at radius 3 is 2.50 bits per heavy atom. The Morgan fingerprint density at radius 1 is 1.17 bits per heavy atom. The van der Waals surface area contributed by atoms with Gasteiger partial charge in [0.1, 0.15) is 5.82 Å². The lowest BCUT2D eigenvalue weighted by molar-refractivity contribution is 0.0692. The number of aromatic carboxylic acids is 1. The zero-order valence-corrected chi connectivity index (χ0v) is 10.2. The molecular formula is C15H13FO2. The molecule has 0 aliphatic rings. The summed E-state index contributed by atoms with van der Waals surface area (Å²) in [6.45, 7) is 3.74. The van der Waals surface area contributed by atoms with Gasteiger partial charge in [0, 0.05) is 0 Å². The van der Waals surface area contributed by atoms with Gasteiger partial charge in [-0.1, -0.05) is 29.8 Å². The van der Waals surface area contributed by atoms with Crippen molar-refractivity contribution in [1.29, 1.82) is 0 Å². The minimum Gasteiger partial charge on any atom is -0.478 e. The van der Waals surface area contributed by atoms with Crippen molar-refractivity contribution in [2.24, 2.45) is 0 Å². The minimum atomic E-state index is -1.24. The summed E-state index contributed by atoms with van der Waals surface area (Å²) in [5.41, 5.74) is 3.16. The number of carboxylic acid groups (broad SMARTS) is 1. The molecule has 2 rings (SSSR count). The maximum absolute atomic E-state index is 13.7. The molecule has 0 aliphatic heterocycles. The van der Waals surface area contributed by atoms with Crippen LogP contribution in [0.15, 0.2) is 36.4 Å². The van der Waals surface area contributed by atoms with E-state index in [1.165, 1.54) is 12.1 Å². The van der Waals surface area contributed by atoms with Crippen LogP contribution in [0.2, 0.25) is 0 Å². The lowest BCUT2D eigenvalue weighted by Gasteiger charge is -2.09. The highest BCUT2D eigenvalue weighted by atomic mass is 19.1. The summed E-state index contributed by atoms with van der Waals surface area (Å²) in [6, 6.07) is 10.3. The Balaban J connectivity index is 2.60. The van der Waals surface area contributed by atoms with Crippen LogP contribution in [0.25, 0.3) is 11.1 Å². The molecule has 1 N–H and O–H groups in total. The van der Waals surface area contributed by atoms with Crippen LogP contribution >= 0.6 is 0 Å². The van der Waals surface area contributed by atoms with Crippen LogP contribution < -0.4 is 0 Å². The van der Waals surface area contributed by atoms with Gasteiger partial charge in [0.25, 0.3) is 0 Å². The van der Waals surface area contributed by atoms with Crippen LogP contribution in [0.1, 0.15) is 21.5 Å². The van der Waals surface area contributed by atoms with Gasteiger partial charge in [0.05, 0.1) is 5.56 Å². The summed E-state index contributed by atoms with van der Waals surface area (Å²) < 4.78 is 13.7. The van der Waals surface area contributed by atoms with Crippen molar-refractivity contribution >= 4 is 5.97 Å². The highest BCUT2D eigenvalue weighted by Crippen LogP contribution is 2.26. The SMILES string of the molecule is Cc1cccc(-c2cc(F)c(C(=O)O)cc2C)c1. The molecule has 92 valence electrons. The average molecular weight is 244 g/mol. The molecule has 2 nitrogen and oxygen atoms in total. The highest BCUT2D eigenvalue weighted by molar-refractivity contribution is 5.89. The maximum atomic E-state index is 13.7. The van der Waals surface area contributed by atoms with Crippen LogP contribution in [0, 0.1) is 19.7 Å². The number of halogens is 1. The van der Waals surface area contributed by atoms with Gasteiger partial charge in [-0.2, -0.15) is 0 Å². The largest absolute Gasteiger partial charge is 0.478 e. The molecule has 18 heavy (non-hydrogen) atoms. The van der Waals surface area contributed by atoms with Crippen LogP contribution in [-0.4, -0.2) is 11.1 Å². The van der Waals surface area contributed by atoms with Gasteiger partial charge >= 0.3 is 5.97 Å². The third-order valence-electron chi connectivity index (χ3n) is 2.87. The first-order valence-corrected chi connectivity index (χ1v) is 5.59. The molecule has 2 aromatic rings. The van der Waals surface area contributed by atoms with Gasteiger partial charge in [-0.05, 0) is 42.7 Å². The molecule has 0 heterocycles. The van der Waals surface area contributed by atoms with Gasteiger partial charge in [-0.25, -0.2) is 9.18 Å². The first kappa shape index (κ1) is 12.3. The molecule has 0 aromatic heterocycles. The van der Waals surface area contributed by atoms with Gasteiger partial charge in [-0.15, -0.1) is 0 Å². The molecular weight excluding hydrogens is 231 g/mol. The second-order valence-electron chi connectivity index (χ2n) is 4.32. The Bertz CT molecular complexity index is 618. The first-order valence-electron chi connectivity index (χ1n) is 5.59. The molecule has 0 spiro atoms. The van der Waals surface area contributed by atoms with Crippen molar-refractivity contribution in [3.8, 4) is 11.1 Å². The summed E-state index contributed by atoms with van der Waals surface area (Å²) in [6.07, 6.45) is 0. The molecule has 0 fully saturated rings. The molecule has 0 aliphatic carbocycles. The molecule has 0 radical (unpaired) electrons. The van der Waals surface area contributed by atoms with E-state index in [1.54, 1.807) is 6.92 Å². The predicted molar refractivity (Wildman–Crippen MR) is 68.3 cm³/mol. The quantitative estimate of drug-likeness (QED) is 0.872. The van der Waals surface area contributed by atoms with E-state index in [9.17, 15) is 9.18 Å². The molecule has 0 amide bonds. The molecule has 2 aromatic carbocycles. The van der Waals surface area contributed by atoms with Crippen LogP contribution in [0.4, 0.5) is 4.39 Å². The van der Waals surface area contributed by atoms with Crippen molar-refractivity contribution in [1.82, 2.24) is 0 Å². The Morgan fingerprint density at radius 2 is 1.89 bits per heavy atom. The van der Waals surface area contributed by atoms with Gasteiger partial charge in [0.2, 0.25) is 0 Å². The fraction of sp³-hybridized carbons (Fsp3) is 0.133. The normalized spacial score (nSPS) is 10.4. The summed E-state index contributed by atoms with van der Waals surface area (Å²) in [7, 11) is 0. The fourth-order valence-corrected chi connectivity index (χ4v) is 1.97. The van der Waals surface area contributed by atoms with E-state index in [2.05, 4.69) is 0 Å². The number of hydrogen-bond acceptors (Lipinski definition) is 1. The van der Waals surface area contributed by atoms with Crippen LogP contribution in [0.3, 0.4) is 0 Å². The standard InChI is InChI=1S/C15H13FO2/c1-9-4-3-5-11(6-9)12-8-14(16)13(15(17)18)7-10(12)2/h3-8H,1-2H3,(H,17,18). The zero-order chi connectivity index (χ0) is 13.3. The monoisotopic (exact) mass is 244 g/mol. The zero-order valence-electron chi connectivity index (χ0n) is 10.2. The van der Waals surface area contributed by atoms with Crippen LogP contribution in [-0.2, 0) is 0 Å². The average Bonchev–Trinajstić information content (AvgIpc) is 2.31. The minimum absolute atomic E-state index is 0.288. The number of carboxylic acids is 1. The van der Waals surface area contributed by atoms with E-state index in [0.29, 0.717) is 0 Å². The van der Waals surface area contributed by atoms with Gasteiger partial charge in [0.15, 0.2) is 0 Å². The van der Waals surface area contributed by atoms with E-state index in [4.69, 9.17) is 5.11 Å². The van der Waals surface area contributed by atoms with E-state index in [1.807, 2.05) is 31.2 Å². The molecule has 0 unspecified atom stereocenters. The van der Waals surface area contributed by atoms with E-state index in [-0.39, 0.29) is 5.56 Å². The molecule has 0 atom stereocenters. The van der Waals surface area contributed by atoms with Crippen molar-refractivity contribution < 1.29 is 14.3 Å². The molecule has 0 saturated heterocycles. The molecule has 0 bridgehead atoms. The molecule has 0 saturated carbocycles. The predicted octanol–water partition coefficient (Wildman–Crippen LogP) is 3.81. The topological polar surface area (TPSA) is 37.3 Å². The van der Waals surface area contributed by atoms with Gasteiger partial charge < -0.3 is 5.11 Å². The number of hydrogen-bond donors (Lipinski definition) is 1. The lowest BCUT2D eigenvalue weighted by atomic mass is 9.97. The second-order valence-corrected chi connectivity index (χ2v) is 4.32. The van der Waals surface area contributed by atoms with Crippen molar-refractivity contribution in [2.75, 3.05) is 0 Å². The fourth-order valence-electron chi connectivity index (χ4n) is 1.97. The van der Waals surface area contributed by atoms with Crippen molar-refractivity contribution in [3.63, 3.8) is 0 Å². The van der Waals surface area contributed by atoms with E-state index >= 15 is 0 Å². The van der Waals surface area contributed by atoms with Crippen molar-refractivity contribution in [2.45, 2.75) is 13.8 Å². The smallest absolute Gasteiger partial charge is 0.338 e. The first-order chi connectivity index (χ1) is 8.49. The Hall–Kier alpha value is -2.16. The third-order valence-corrected chi connectivity index (χ3v) is 2.87. The third kappa shape index (κ3) is 2.25. The Labute approximate surface area is 105 Å². The number of benzene rings is 2. The van der Waals surface area contributed by atoms with E-state index in [0.717, 1.165) is 22.3 Å². The number of aryl methyl sites for hydroxylation is 2. The summed E-state index contributed by atoms with van der Waals surface area (Å²) in [5, 5.41) is 8.86. The summed E-state index contributed by atoms with van der Waals surface area (Å²) >= 11 is 0.